The molecule has 0 aliphatic carbocycles. The molecule has 132 valence electrons. The predicted octanol–water partition coefficient (Wildman–Crippen LogP) is 4.92. The Morgan fingerprint density at radius 3 is 2.44 bits per heavy atom. The van der Waals surface area contributed by atoms with E-state index in [9.17, 15) is 15.3 Å². The quantitative estimate of drug-likeness (QED) is 0.515. The summed E-state index contributed by atoms with van der Waals surface area (Å²) in [4.78, 5) is 16.8. The summed E-state index contributed by atoms with van der Waals surface area (Å²) in [5.74, 6) is 0.332. The van der Waals surface area contributed by atoms with Crippen LogP contribution < -0.4 is 10.3 Å². The van der Waals surface area contributed by atoms with E-state index in [0.29, 0.717) is 21.7 Å². The second kappa shape index (κ2) is 6.59. The van der Waals surface area contributed by atoms with E-state index in [1.54, 1.807) is 31.4 Å². The highest BCUT2D eigenvalue weighted by atomic mass is 32.1. The topological polar surface area (TPSA) is 79.6 Å². The molecule has 4 rings (SSSR count). The van der Waals surface area contributed by atoms with E-state index >= 15 is 0 Å². The van der Waals surface area contributed by atoms with Crippen molar-refractivity contribution in [2.75, 3.05) is 7.11 Å². The number of hydrogen-bond acceptors (Lipinski definition) is 5. The van der Waals surface area contributed by atoms with Gasteiger partial charge in [-0.25, -0.2) is 0 Å². The van der Waals surface area contributed by atoms with Gasteiger partial charge in [-0.3, -0.25) is 9.36 Å². The van der Waals surface area contributed by atoms with Crippen molar-refractivity contribution in [3.05, 3.63) is 76.0 Å². The molecule has 0 bridgehead atoms. The third kappa shape index (κ3) is 2.72. The van der Waals surface area contributed by atoms with Crippen molar-refractivity contribution in [1.29, 1.82) is 5.39 Å². The fourth-order valence-corrected chi connectivity index (χ4v) is 4.06. The van der Waals surface area contributed by atoms with Gasteiger partial charge in [0, 0.05) is 10.6 Å². The first-order valence-corrected chi connectivity index (χ1v) is 8.92. The molecule has 0 aliphatic heterocycles. The van der Waals surface area contributed by atoms with Crippen LogP contribution in [0.3, 0.4) is 0 Å². The molecule has 6 nitrogen and oxygen atoms in total. The molecule has 0 saturated heterocycles. The number of ether oxygens (including phenoxy) is 1. The number of fused-ring (bicyclic) bond motifs is 1. The van der Waals surface area contributed by atoms with Gasteiger partial charge in [-0.05, 0) is 35.9 Å². The first-order chi connectivity index (χ1) is 13.1. The highest BCUT2D eigenvalue weighted by Crippen LogP contribution is 2.41. The van der Waals surface area contributed by atoms with Gasteiger partial charge in [0.1, 0.15) is 10.4 Å². The first-order valence-electron chi connectivity index (χ1n) is 8.10. The lowest BCUT2D eigenvalue weighted by Gasteiger charge is -2.08. The smallest absolute Gasteiger partial charge is 0.492 e. The number of pyridine rings is 1. The number of methoxy groups -OCH3 is 1. The Balaban J connectivity index is 2.06. The summed E-state index contributed by atoms with van der Waals surface area (Å²) >= 11 is 1.33. The number of aromatic nitrogens is 1. The molecule has 2 aromatic heterocycles. The Labute approximate surface area is 158 Å². The monoisotopic (exact) mass is 376 g/mol. The molecule has 2 aromatic carbocycles. The van der Waals surface area contributed by atoms with E-state index in [4.69, 9.17) is 4.74 Å². The van der Waals surface area contributed by atoms with Crippen LogP contribution in [0, 0.1) is 5.39 Å². The molecule has 0 aliphatic rings. The molecule has 0 fully saturated rings. The minimum atomic E-state index is -0.606. The molecule has 2 heterocycles. The van der Waals surface area contributed by atoms with E-state index in [1.807, 2.05) is 36.4 Å². The first kappa shape index (κ1) is 16.8. The predicted molar refractivity (Wildman–Crippen MR) is 106 cm³/mol. The molecule has 0 amide bonds. The third-order valence-corrected chi connectivity index (χ3v) is 5.47. The van der Waals surface area contributed by atoms with Crippen LogP contribution in [0.2, 0.25) is 0 Å². The van der Waals surface area contributed by atoms with Crippen molar-refractivity contribution in [3.8, 4) is 27.6 Å². The van der Waals surface area contributed by atoms with Gasteiger partial charge in [-0.2, -0.15) is 0 Å². The minimum absolute atomic E-state index is 0.325. The van der Waals surface area contributed by atoms with E-state index in [0.717, 1.165) is 10.4 Å². The Kier molecular flexibility index (Phi) is 4.11. The summed E-state index contributed by atoms with van der Waals surface area (Å²) in [5, 5.41) is 19.7. The van der Waals surface area contributed by atoms with Crippen LogP contribution in [0.5, 0.6) is 11.5 Å². The molecule has 4 aromatic rings. The number of benzene rings is 2. The van der Waals surface area contributed by atoms with E-state index in [2.05, 4.69) is 4.98 Å². The molecular formula is C20H14N3O3S+. The summed E-state index contributed by atoms with van der Waals surface area (Å²) in [5.41, 5.74) is 1.09. The van der Waals surface area contributed by atoms with Gasteiger partial charge in [0.15, 0.2) is 4.98 Å². The van der Waals surface area contributed by atoms with Crippen molar-refractivity contribution in [1.82, 2.24) is 4.57 Å². The second-order valence-corrected chi connectivity index (χ2v) is 6.88. The molecule has 1 N–H and O–H groups in total. The number of rotatable bonds is 3. The van der Waals surface area contributed by atoms with Gasteiger partial charge in [0.25, 0.3) is 0 Å². The van der Waals surface area contributed by atoms with E-state index < -0.39 is 5.56 Å². The summed E-state index contributed by atoms with van der Waals surface area (Å²) in [6, 6.07) is 18.5. The number of hydrogen-bond donors (Lipinski definition) is 1. The van der Waals surface area contributed by atoms with Gasteiger partial charge in [-0.1, -0.05) is 30.3 Å². The van der Waals surface area contributed by atoms with Gasteiger partial charge in [-0.15, -0.1) is 11.3 Å². The van der Waals surface area contributed by atoms with Gasteiger partial charge >= 0.3 is 11.2 Å². The average Bonchev–Trinajstić information content (AvgIpc) is 3.15. The number of nitrogens with zero attached hydrogens (tertiary/aromatic N) is 3. The van der Waals surface area contributed by atoms with Crippen LogP contribution in [0.1, 0.15) is 0 Å². The van der Waals surface area contributed by atoms with Crippen molar-refractivity contribution in [2.24, 2.45) is 0 Å². The minimum Gasteiger partial charge on any atom is -0.500 e. The zero-order valence-electron chi connectivity index (χ0n) is 14.3. The zero-order chi connectivity index (χ0) is 19.0. The largest absolute Gasteiger partial charge is 0.500 e. The standard InChI is InChI=1S/C20H13N3O3S/c1-26-14-9-7-13(8-10-14)23-15-11-16(12-5-3-2-4-6-12)27-19(15)18(24)17(22-21)20(23)25/h2-11H,1H3/p+1. The lowest BCUT2D eigenvalue weighted by molar-refractivity contribution is 0.414. The summed E-state index contributed by atoms with van der Waals surface area (Å²) in [7, 11) is 1.56. The van der Waals surface area contributed by atoms with E-state index in [1.165, 1.54) is 15.9 Å². The molecular weight excluding hydrogens is 362 g/mol. The van der Waals surface area contributed by atoms with Crippen molar-refractivity contribution in [3.63, 3.8) is 0 Å². The molecule has 0 saturated carbocycles. The maximum Gasteiger partial charge on any atom is 0.492 e. The van der Waals surface area contributed by atoms with Crippen molar-refractivity contribution >= 4 is 27.2 Å². The Morgan fingerprint density at radius 1 is 1.11 bits per heavy atom. The summed E-state index contributed by atoms with van der Waals surface area (Å²) in [6.45, 7) is 0. The Morgan fingerprint density at radius 2 is 1.81 bits per heavy atom. The van der Waals surface area contributed by atoms with Crippen LogP contribution in [0.25, 0.3) is 31.3 Å². The zero-order valence-corrected chi connectivity index (χ0v) is 15.1. The average molecular weight is 376 g/mol. The highest BCUT2D eigenvalue weighted by molar-refractivity contribution is 7.22. The third-order valence-electron chi connectivity index (χ3n) is 4.29. The Bertz CT molecular complexity index is 1240. The lowest BCUT2D eigenvalue weighted by atomic mass is 10.2. The molecule has 27 heavy (non-hydrogen) atoms. The number of thiophene rings is 1. The SMILES string of the molecule is COc1ccc(-n2c(=O)c([N+]#N)c(O)c3sc(-c4ccccc4)cc32)cc1. The summed E-state index contributed by atoms with van der Waals surface area (Å²) in [6.07, 6.45) is 0. The van der Waals surface area contributed by atoms with Crippen LogP contribution in [0.4, 0.5) is 5.69 Å². The van der Waals surface area contributed by atoms with Crippen LogP contribution in [-0.4, -0.2) is 16.8 Å². The summed E-state index contributed by atoms with van der Waals surface area (Å²) < 4.78 is 7.06. The van der Waals surface area contributed by atoms with Crippen molar-refractivity contribution < 1.29 is 9.84 Å². The fourth-order valence-electron chi connectivity index (χ4n) is 2.96. The molecule has 7 heteroatoms. The van der Waals surface area contributed by atoms with Crippen LogP contribution in [-0.2, 0) is 0 Å². The highest BCUT2D eigenvalue weighted by Gasteiger charge is 2.28. The molecule has 0 radical (unpaired) electrons. The van der Waals surface area contributed by atoms with Crippen LogP contribution in [0.15, 0.2) is 65.5 Å². The van der Waals surface area contributed by atoms with Crippen molar-refractivity contribution in [2.45, 2.75) is 0 Å². The maximum atomic E-state index is 12.9. The number of diazo groups is 1. The maximum absolute atomic E-state index is 12.9. The second-order valence-electron chi connectivity index (χ2n) is 5.83. The van der Waals surface area contributed by atoms with Gasteiger partial charge in [0.05, 0.1) is 12.6 Å². The number of aromatic hydroxyl groups is 1. The lowest BCUT2D eigenvalue weighted by Crippen LogP contribution is -2.17. The van der Waals surface area contributed by atoms with Gasteiger partial charge < -0.3 is 9.84 Å². The fraction of sp³-hybridized carbons (Fsp3) is 0.0500. The Hall–Kier alpha value is -3.63. The van der Waals surface area contributed by atoms with Gasteiger partial charge in [0.2, 0.25) is 11.1 Å². The van der Waals surface area contributed by atoms with Crippen LogP contribution >= 0.6 is 11.3 Å². The molecule has 0 spiro atoms. The molecule has 0 unspecified atom stereocenters. The van der Waals surface area contributed by atoms with E-state index in [-0.39, 0.29) is 11.4 Å². The normalized spacial score (nSPS) is 10.7. The molecule has 0 atom stereocenters.